The molecule has 4 N–H and O–H groups in total. The molecule has 0 atom stereocenters. The van der Waals surface area contributed by atoms with Crippen LogP contribution in [0.1, 0.15) is 0 Å². The van der Waals surface area contributed by atoms with Crippen molar-refractivity contribution in [2.75, 3.05) is 0 Å². The zero-order valence-electron chi connectivity index (χ0n) is 5.55. The number of hydrogen-bond acceptors (Lipinski definition) is 0. The molecule has 0 fully saturated rings. The summed E-state index contributed by atoms with van der Waals surface area (Å²) in [4.78, 5) is 0. The Balaban J connectivity index is -0.0000000183. The Morgan fingerprint density at radius 2 is 1.09 bits per heavy atom. The van der Waals surface area contributed by atoms with Crippen LogP contribution in [0.15, 0.2) is 12.7 Å². The first-order valence-electron chi connectivity index (χ1n) is 1.69. The van der Waals surface area contributed by atoms with Gasteiger partial charge in [0.1, 0.15) is 0 Å². The van der Waals surface area contributed by atoms with Gasteiger partial charge in [-0.25, -0.2) is 19.6 Å². The predicted molar refractivity (Wildman–Crippen MR) is 36.3 cm³/mol. The predicted octanol–water partition coefficient (Wildman–Crippen LogP) is 3.74. The summed E-state index contributed by atoms with van der Waals surface area (Å²) in [6, 6.07) is 0. The molecule has 0 spiro atoms. The fourth-order valence-corrected chi connectivity index (χ4v) is 0. The first-order chi connectivity index (χ1) is 3.41. The molecule has 0 aromatic carbocycles. The van der Waals surface area contributed by atoms with E-state index in [0.717, 1.165) is 0 Å². The van der Waals surface area contributed by atoms with Gasteiger partial charge in [-0.2, -0.15) is 0 Å². The minimum atomic E-state index is -6.00. The van der Waals surface area contributed by atoms with E-state index in [1.54, 1.807) is 0 Å². The van der Waals surface area contributed by atoms with E-state index in [9.17, 15) is 17.3 Å². The Labute approximate surface area is 77.4 Å². The molecule has 11 heavy (non-hydrogen) atoms. The van der Waals surface area contributed by atoms with Crippen LogP contribution in [0.3, 0.4) is 0 Å². The molecule has 0 aromatic rings. The summed E-state index contributed by atoms with van der Waals surface area (Å²) in [7, 11) is -6.00. The molecule has 0 heterocycles. The second-order valence-corrected chi connectivity index (χ2v) is 0.784. The fourth-order valence-electron chi connectivity index (χ4n) is 0. The van der Waals surface area contributed by atoms with Crippen molar-refractivity contribution in [1.82, 2.24) is 0 Å². The van der Waals surface area contributed by atoms with Crippen LogP contribution in [0.4, 0.5) is 17.3 Å². The van der Waals surface area contributed by atoms with Gasteiger partial charge >= 0.3 is 7.25 Å². The summed E-state index contributed by atoms with van der Waals surface area (Å²) in [6.07, 6.45) is 1.50. The van der Waals surface area contributed by atoms with E-state index >= 15 is 0 Å². The Kier molecular flexibility index (Phi) is 45.9. The Bertz CT molecular complexity index is 62.8. The number of allylic oxidation sites excluding steroid dienone is 1. The zero-order valence-corrected chi connectivity index (χ0v) is 7.11. The average Bonchev–Trinajstić information content (AvgIpc) is 1.27. The van der Waals surface area contributed by atoms with Crippen molar-refractivity contribution in [3.63, 3.8) is 0 Å². The topological polar surface area (TPSA) is 67.0 Å². The maximum atomic E-state index is 9.75. The van der Waals surface area contributed by atoms with Crippen LogP contribution in [0, 0.1) is 6.92 Å². The monoisotopic (exact) mass is 266 g/mol. The smallest absolute Gasteiger partial charge is 0.673 e. The minimum absolute atomic E-state index is 0. The third-order valence-corrected chi connectivity index (χ3v) is 0. The van der Waals surface area contributed by atoms with Gasteiger partial charge in [0.25, 0.3) is 0 Å². The molecule has 0 saturated heterocycles. The molecule has 0 radical (unpaired) electrons. The van der Waals surface area contributed by atoms with Gasteiger partial charge in [-0.3, -0.25) is 0 Å². The molecule has 8 heteroatoms. The second-order valence-electron chi connectivity index (χ2n) is 0.784. The first-order valence-corrected chi connectivity index (χ1v) is 1.69. The molecule has 0 rings (SSSR count). The standard InChI is InChI=1S/C3H5.BF4.2H2N.Pd/c1-3-2;2-1(3,4)5;;;/h3H,1-2H2;;2*1H2;/q4*-1;. The normalized spacial score (nSPS) is 6.55. The molecule has 0 amide bonds. The van der Waals surface area contributed by atoms with Crippen molar-refractivity contribution in [2.24, 2.45) is 0 Å². The molecule has 0 aliphatic heterocycles. The molecule has 0 aromatic heterocycles. The Morgan fingerprint density at radius 3 is 1.09 bits per heavy atom. The van der Waals surface area contributed by atoms with E-state index in [1.165, 1.54) is 6.08 Å². The van der Waals surface area contributed by atoms with Gasteiger partial charge in [-0.05, 0) is 0 Å². The van der Waals surface area contributed by atoms with Gasteiger partial charge < -0.3 is 29.6 Å². The quantitative estimate of drug-likeness (QED) is 0.364. The SMILES string of the molecule is C=C[CH2-].F[B-](F)(F)F.[NH2-].[NH2-].[Pd]. The number of halogens is 4. The third kappa shape index (κ3) is 1230000. The van der Waals surface area contributed by atoms with E-state index < -0.39 is 7.25 Å². The van der Waals surface area contributed by atoms with Crippen molar-refractivity contribution in [3.8, 4) is 0 Å². The molecule has 0 unspecified atom stereocenters. The van der Waals surface area contributed by atoms with Crippen molar-refractivity contribution in [3.05, 3.63) is 31.9 Å². The first kappa shape index (κ1) is 30.6. The Morgan fingerprint density at radius 1 is 1.09 bits per heavy atom. The van der Waals surface area contributed by atoms with E-state index in [-0.39, 0.29) is 32.7 Å². The number of nitrogens with two attached hydrogens (primary N) is 2. The van der Waals surface area contributed by atoms with E-state index in [1.807, 2.05) is 0 Å². The summed E-state index contributed by atoms with van der Waals surface area (Å²) in [5.74, 6) is 0. The summed E-state index contributed by atoms with van der Waals surface area (Å²) in [6.45, 7) is 6.50. The molecule has 0 saturated carbocycles. The molecule has 0 aliphatic carbocycles. The van der Waals surface area contributed by atoms with Crippen molar-refractivity contribution in [1.29, 1.82) is 0 Å². The number of hydrogen-bond donors (Lipinski definition) is 0. The molecule has 76 valence electrons. The molecular formula is C3H9BF4N2Pd-4. The average molecular weight is 266 g/mol. The summed E-state index contributed by atoms with van der Waals surface area (Å²) in [5.41, 5.74) is 0. The van der Waals surface area contributed by atoms with E-state index in [0.29, 0.717) is 0 Å². The largest absolute Gasteiger partial charge is 0.693 e. The molecule has 0 bridgehead atoms. The van der Waals surface area contributed by atoms with Crippen LogP contribution in [-0.4, -0.2) is 7.25 Å². The summed E-state index contributed by atoms with van der Waals surface area (Å²) in [5, 5.41) is 0. The van der Waals surface area contributed by atoms with Crippen molar-refractivity contribution < 1.29 is 37.7 Å². The van der Waals surface area contributed by atoms with Gasteiger partial charge in [0.2, 0.25) is 0 Å². The van der Waals surface area contributed by atoms with Crippen LogP contribution in [0.2, 0.25) is 0 Å². The van der Waals surface area contributed by atoms with Crippen molar-refractivity contribution >= 4 is 7.25 Å². The van der Waals surface area contributed by atoms with E-state index in [2.05, 4.69) is 13.5 Å². The van der Waals surface area contributed by atoms with Gasteiger partial charge in [-0.1, -0.05) is 0 Å². The maximum absolute atomic E-state index is 9.75. The van der Waals surface area contributed by atoms with Gasteiger partial charge in [-0.15, -0.1) is 0 Å². The van der Waals surface area contributed by atoms with Crippen LogP contribution in [0.5, 0.6) is 0 Å². The van der Waals surface area contributed by atoms with Crippen LogP contribution < -0.4 is 0 Å². The Hall–Kier alpha value is -0.0227. The molecular weight excluding hydrogens is 257 g/mol. The van der Waals surface area contributed by atoms with Crippen LogP contribution in [0.25, 0.3) is 12.3 Å². The van der Waals surface area contributed by atoms with Gasteiger partial charge in [0.05, 0.1) is 0 Å². The molecule has 2 nitrogen and oxygen atoms in total. The van der Waals surface area contributed by atoms with Crippen LogP contribution >= 0.6 is 0 Å². The zero-order chi connectivity index (χ0) is 7.21. The third-order valence-electron chi connectivity index (χ3n) is 0. The van der Waals surface area contributed by atoms with Crippen molar-refractivity contribution in [2.45, 2.75) is 0 Å². The fraction of sp³-hybridized carbons (Fsp3) is 0. The second kappa shape index (κ2) is 16.5. The van der Waals surface area contributed by atoms with Crippen LogP contribution in [-0.2, 0) is 20.4 Å². The number of rotatable bonds is 0. The minimum Gasteiger partial charge on any atom is -0.693 e. The molecule has 0 aliphatic rings. The van der Waals surface area contributed by atoms with Gasteiger partial charge in [0, 0.05) is 20.4 Å². The summed E-state index contributed by atoms with van der Waals surface area (Å²) >= 11 is 0. The van der Waals surface area contributed by atoms with Gasteiger partial charge in [0.15, 0.2) is 0 Å². The maximum Gasteiger partial charge on any atom is 0.673 e. The summed E-state index contributed by atoms with van der Waals surface area (Å²) < 4.78 is 39.0. The van der Waals surface area contributed by atoms with E-state index in [4.69, 9.17) is 0 Å².